The van der Waals surface area contributed by atoms with Crippen LogP contribution in [0.2, 0.25) is 0 Å². The molecule has 0 radical (unpaired) electrons. The third kappa shape index (κ3) is 2.41. The van der Waals surface area contributed by atoms with Gasteiger partial charge in [-0.05, 0) is 69.8 Å². The van der Waals surface area contributed by atoms with Gasteiger partial charge in [0.2, 0.25) is 0 Å². The van der Waals surface area contributed by atoms with Crippen LogP contribution in [-0.4, -0.2) is 0 Å². The summed E-state index contributed by atoms with van der Waals surface area (Å²) in [6, 6.07) is 20.2. The van der Waals surface area contributed by atoms with Crippen molar-refractivity contribution in [1.82, 2.24) is 0 Å². The van der Waals surface area contributed by atoms with E-state index in [1.165, 1.54) is 22.3 Å². The molecule has 0 atom stereocenters. The molecule has 0 aliphatic carbocycles. The summed E-state index contributed by atoms with van der Waals surface area (Å²) in [6.45, 7) is 18.8. The molecular formula is C24H16N2. The maximum atomic E-state index is 7.26. The number of fused-ring (bicyclic) bond motifs is 2. The highest BCUT2D eigenvalue weighted by Crippen LogP contribution is 2.40. The molecular weight excluding hydrogens is 316 g/mol. The third-order valence-electron chi connectivity index (χ3n) is 4.93. The van der Waals surface area contributed by atoms with Gasteiger partial charge in [-0.25, -0.2) is 9.69 Å². The molecule has 0 spiro atoms. The Labute approximate surface area is 153 Å². The zero-order chi connectivity index (χ0) is 18.3. The van der Waals surface area contributed by atoms with E-state index in [9.17, 15) is 0 Å². The molecule has 4 aromatic carbocycles. The standard InChI is InChI=1S/C24H16N2/c1-15-5-7-17-13-19(25-3)9-11-21(17)23(15)24-16(2)6-8-18-14-20(26-4)10-12-22(18)24/h5-14H,1-2H3. The normalized spacial score (nSPS) is 10.6. The van der Waals surface area contributed by atoms with E-state index in [4.69, 9.17) is 13.1 Å². The Morgan fingerprint density at radius 3 is 1.38 bits per heavy atom. The fourth-order valence-electron chi connectivity index (χ4n) is 3.66. The van der Waals surface area contributed by atoms with Gasteiger partial charge < -0.3 is 0 Å². The second-order valence-corrected chi connectivity index (χ2v) is 6.55. The average Bonchev–Trinajstić information content (AvgIpc) is 2.68. The van der Waals surface area contributed by atoms with E-state index >= 15 is 0 Å². The van der Waals surface area contributed by atoms with Crippen LogP contribution in [-0.2, 0) is 0 Å². The van der Waals surface area contributed by atoms with Crippen molar-refractivity contribution < 1.29 is 0 Å². The number of hydrogen-bond acceptors (Lipinski definition) is 0. The number of rotatable bonds is 1. The van der Waals surface area contributed by atoms with E-state index in [2.05, 4.69) is 59.9 Å². The lowest BCUT2D eigenvalue weighted by molar-refractivity contribution is 1.45. The van der Waals surface area contributed by atoms with Crippen molar-refractivity contribution in [3.8, 4) is 11.1 Å². The molecule has 0 saturated carbocycles. The first-order chi connectivity index (χ1) is 12.6. The van der Waals surface area contributed by atoms with Crippen LogP contribution in [0.1, 0.15) is 11.1 Å². The van der Waals surface area contributed by atoms with Crippen molar-refractivity contribution in [3.63, 3.8) is 0 Å². The van der Waals surface area contributed by atoms with Crippen molar-refractivity contribution in [1.29, 1.82) is 0 Å². The summed E-state index contributed by atoms with van der Waals surface area (Å²) in [5.74, 6) is 0. The quantitative estimate of drug-likeness (QED) is 0.321. The SMILES string of the molecule is [C-]#[N+]c1ccc2c(-c3c(C)ccc4cc([N+]#[C-])ccc34)c(C)ccc2c1. The first kappa shape index (κ1) is 15.9. The maximum absolute atomic E-state index is 7.26. The fraction of sp³-hybridized carbons (Fsp3) is 0.0833. The van der Waals surface area contributed by atoms with Crippen molar-refractivity contribution in [2.45, 2.75) is 13.8 Å². The Bertz CT molecular complexity index is 1170. The first-order valence-electron chi connectivity index (χ1n) is 8.44. The molecule has 0 saturated heterocycles. The van der Waals surface area contributed by atoms with Crippen LogP contribution in [0.4, 0.5) is 11.4 Å². The van der Waals surface area contributed by atoms with Crippen LogP contribution in [0.15, 0.2) is 60.7 Å². The third-order valence-corrected chi connectivity index (χ3v) is 4.93. The second-order valence-electron chi connectivity index (χ2n) is 6.55. The summed E-state index contributed by atoms with van der Waals surface area (Å²) >= 11 is 0. The predicted molar refractivity (Wildman–Crippen MR) is 109 cm³/mol. The van der Waals surface area contributed by atoms with Crippen LogP contribution in [0.5, 0.6) is 0 Å². The van der Waals surface area contributed by atoms with Gasteiger partial charge in [-0.3, -0.25) is 0 Å². The topological polar surface area (TPSA) is 8.72 Å². The van der Waals surface area contributed by atoms with Gasteiger partial charge in [0.15, 0.2) is 11.4 Å². The Morgan fingerprint density at radius 1 is 0.577 bits per heavy atom. The molecule has 0 bridgehead atoms. The van der Waals surface area contributed by atoms with Gasteiger partial charge >= 0.3 is 0 Å². The zero-order valence-electron chi connectivity index (χ0n) is 14.7. The largest absolute Gasteiger partial charge is 0.238 e. The average molecular weight is 332 g/mol. The Morgan fingerprint density at radius 2 is 1.00 bits per heavy atom. The minimum absolute atomic E-state index is 0.656. The smallest absolute Gasteiger partial charge is 0.187 e. The lowest BCUT2D eigenvalue weighted by Crippen LogP contribution is -1.91. The molecule has 0 N–H and O–H groups in total. The molecule has 0 aliphatic rings. The molecule has 2 nitrogen and oxygen atoms in total. The van der Waals surface area contributed by atoms with Crippen LogP contribution < -0.4 is 0 Å². The van der Waals surface area contributed by atoms with E-state index in [0.717, 1.165) is 21.5 Å². The highest BCUT2D eigenvalue weighted by molar-refractivity contribution is 6.08. The Kier molecular flexibility index (Phi) is 3.68. The summed E-state index contributed by atoms with van der Waals surface area (Å²) in [5, 5.41) is 4.46. The predicted octanol–water partition coefficient (Wildman–Crippen LogP) is 7.38. The first-order valence-corrected chi connectivity index (χ1v) is 8.44. The minimum Gasteiger partial charge on any atom is -0.238 e. The van der Waals surface area contributed by atoms with Crippen LogP contribution >= 0.6 is 0 Å². The summed E-state index contributed by atoms with van der Waals surface area (Å²) in [5.41, 5.74) is 6.14. The van der Waals surface area contributed by atoms with E-state index in [0.29, 0.717) is 11.4 Å². The lowest BCUT2D eigenvalue weighted by Gasteiger charge is -2.16. The van der Waals surface area contributed by atoms with E-state index in [1.54, 1.807) is 0 Å². The van der Waals surface area contributed by atoms with Gasteiger partial charge in [-0.2, -0.15) is 0 Å². The lowest BCUT2D eigenvalue weighted by atomic mass is 9.88. The second kappa shape index (κ2) is 6.03. The van der Waals surface area contributed by atoms with Crippen molar-refractivity contribution >= 4 is 32.9 Å². The zero-order valence-corrected chi connectivity index (χ0v) is 14.7. The molecule has 0 heterocycles. The highest BCUT2D eigenvalue weighted by Gasteiger charge is 2.14. The molecule has 0 aliphatic heterocycles. The fourth-order valence-corrected chi connectivity index (χ4v) is 3.66. The molecule has 0 aromatic heterocycles. The minimum atomic E-state index is 0.656. The number of aryl methyl sites for hydroxylation is 2. The summed E-state index contributed by atoms with van der Waals surface area (Å²) in [4.78, 5) is 7.11. The number of hydrogen-bond donors (Lipinski definition) is 0. The molecule has 0 unspecified atom stereocenters. The summed E-state index contributed by atoms with van der Waals surface area (Å²) in [6.07, 6.45) is 0. The van der Waals surface area contributed by atoms with E-state index in [-0.39, 0.29) is 0 Å². The number of benzene rings is 4. The molecule has 4 aromatic rings. The number of nitrogens with zero attached hydrogens (tertiary/aromatic N) is 2. The van der Waals surface area contributed by atoms with Crippen LogP contribution in [0, 0.1) is 27.0 Å². The molecule has 122 valence electrons. The van der Waals surface area contributed by atoms with Gasteiger partial charge in [0.05, 0.1) is 13.1 Å². The Hall–Kier alpha value is -3.62. The maximum Gasteiger partial charge on any atom is 0.187 e. The molecule has 0 fully saturated rings. The molecule has 4 rings (SSSR count). The van der Waals surface area contributed by atoms with Gasteiger partial charge in [-0.1, -0.05) is 48.5 Å². The molecule has 26 heavy (non-hydrogen) atoms. The van der Waals surface area contributed by atoms with Crippen LogP contribution in [0.25, 0.3) is 42.4 Å². The summed E-state index contributed by atoms with van der Waals surface area (Å²) in [7, 11) is 0. The monoisotopic (exact) mass is 332 g/mol. The van der Waals surface area contributed by atoms with Crippen molar-refractivity contribution in [2.75, 3.05) is 0 Å². The van der Waals surface area contributed by atoms with Gasteiger partial charge in [0, 0.05) is 0 Å². The van der Waals surface area contributed by atoms with Gasteiger partial charge in [-0.15, -0.1) is 0 Å². The summed E-state index contributed by atoms with van der Waals surface area (Å²) < 4.78 is 0. The van der Waals surface area contributed by atoms with Gasteiger partial charge in [0.1, 0.15) is 0 Å². The Balaban J connectivity index is 2.13. The van der Waals surface area contributed by atoms with Crippen LogP contribution in [0.3, 0.4) is 0 Å². The van der Waals surface area contributed by atoms with E-state index < -0.39 is 0 Å². The van der Waals surface area contributed by atoms with Crippen molar-refractivity contribution in [3.05, 3.63) is 94.6 Å². The molecule has 2 heteroatoms. The van der Waals surface area contributed by atoms with Gasteiger partial charge in [0.25, 0.3) is 0 Å². The van der Waals surface area contributed by atoms with E-state index in [1.807, 2.05) is 24.3 Å². The highest BCUT2D eigenvalue weighted by atomic mass is 14.6. The molecule has 0 amide bonds. The van der Waals surface area contributed by atoms with Crippen molar-refractivity contribution in [2.24, 2.45) is 0 Å².